The molecule has 32 heavy (non-hydrogen) atoms. The van der Waals surface area contributed by atoms with Crippen LogP contribution < -0.4 is 10.1 Å². The minimum atomic E-state index is -1.81. The zero-order valence-corrected chi connectivity index (χ0v) is 17.6. The number of carboxylic acid groups (broad SMARTS) is 1. The number of aliphatic carboxylic acids is 1. The molecule has 3 aromatic rings. The number of aromatic nitrogens is 2. The van der Waals surface area contributed by atoms with E-state index in [4.69, 9.17) is 14.0 Å². The summed E-state index contributed by atoms with van der Waals surface area (Å²) in [6, 6.07) is 7.59. The SMILES string of the molecule is COc1cc(-c2cc(F)cc(C(C)C)c2NC2=NCC(C(=O)O)(c3ccon3)O2)ccn1. The molecular weight excluding hydrogens is 419 g/mol. The first-order valence-corrected chi connectivity index (χ1v) is 9.82. The van der Waals surface area contributed by atoms with Gasteiger partial charge in [-0.3, -0.25) is 0 Å². The maximum absolute atomic E-state index is 14.5. The molecular formula is C22H21FN4O5. The topological polar surface area (TPSA) is 119 Å². The highest BCUT2D eigenvalue weighted by Gasteiger charge is 2.50. The lowest BCUT2D eigenvalue weighted by atomic mass is 9.94. The summed E-state index contributed by atoms with van der Waals surface area (Å²) >= 11 is 0. The second-order valence-electron chi connectivity index (χ2n) is 7.52. The van der Waals surface area contributed by atoms with Gasteiger partial charge >= 0.3 is 5.97 Å². The summed E-state index contributed by atoms with van der Waals surface area (Å²) in [7, 11) is 1.49. The summed E-state index contributed by atoms with van der Waals surface area (Å²) in [5, 5.41) is 16.6. The smallest absolute Gasteiger partial charge is 0.356 e. The third kappa shape index (κ3) is 3.75. The molecule has 0 spiro atoms. The Bertz CT molecular complexity index is 1180. The van der Waals surface area contributed by atoms with Gasteiger partial charge in [0.2, 0.25) is 5.88 Å². The van der Waals surface area contributed by atoms with Crippen LogP contribution in [-0.2, 0) is 15.1 Å². The monoisotopic (exact) mass is 440 g/mol. The first kappa shape index (κ1) is 21.3. The van der Waals surface area contributed by atoms with Crippen molar-refractivity contribution in [2.75, 3.05) is 19.0 Å². The van der Waals surface area contributed by atoms with E-state index in [1.54, 1.807) is 18.3 Å². The van der Waals surface area contributed by atoms with Crippen molar-refractivity contribution in [1.29, 1.82) is 0 Å². The number of halogens is 1. The molecule has 4 rings (SSSR count). The summed E-state index contributed by atoms with van der Waals surface area (Å²) in [5.74, 6) is -1.36. The highest BCUT2D eigenvalue weighted by Crippen LogP contribution is 2.38. The number of ether oxygens (including phenoxy) is 2. The third-order valence-electron chi connectivity index (χ3n) is 5.16. The molecule has 0 radical (unpaired) electrons. The van der Waals surface area contributed by atoms with E-state index in [9.17, 15) is 14.3 Å². The van der Waals surface area contributed by atoms with Crippen LogP contribution in [0.3, 0.4) is 0 Å². The maximum atomic E-state index is 14.5. The molecule has 0 bridgehead atoms. The summed E-state index contributed by atoms with van der Waals surface area (Å²) in [6.45, 7) is 3.64. The van der Waals surface area contributed by atoms with E-state index in [0.29, 0.717) is 28.3 Å². The molecule has 2 aromatic heterocycles. The van der Waals surface area contributed by atoms with Crippen molar-refractivity contribution >= 4 is 17.7 Å². The molecule has 3 heterocycles. The first-order valence-electron chi connectivity index (χ1n) is 9.82. The Morgan fingerprint density at radius 3 is 2.78 bits per heavy atom. The summed E-state index contributed by atoms with van der Waals surface area (Å²) in [5.41, 5.74) is 0.655. The average Bonchev–Trinajstić information content (AvgIpc) is 3.45. The van der Waals surface area contributed by atoms with E-state index < -0.39 is 17.4 Å². The maximum Gasteiger partial charge on any atom is 0.356 e. The van der Waals surface area contributed by atoms with Crippen LogP contribution in [0.1, 0.15) is 31.0 Å². The largest absolute Gasteiger partial charge is 0.481 e. The number of nitrogens with one attached hydrogen (secondary N) is 1. The minimum absolute atomic E-state index is 0.0221. The van der Waals surface area contributed by atoms with Gasteiger partial charge in [0.15, 0.2) is 0 Å². The molecule has 9 nitrogen and oxygen atoms in total. The standard InChI is InChI=1S/C22H21FN4O5/c1-12(2)15-9-14(23)10-16(13-4-6-24-18(8-13)30-3)19(15)26-21-25-11-22(32-21,20(28)29)17-5-7-31-27-17/h4-10,12H,11H2,1-3H3,(H,25,26)(H,28,29). The molecule has 1 atom stereocenters. The van der Waals surface area contributed by atoms with Crippen LogP contribution in [-0.4, -0.2) is 40.9 Å². The Hall–Kier alpha value is -3.95. The van der Waals surface area contributed by atoms with Gasteiger partial charge in [0, 0.05) is 23.9 Å². The van der Waals surface area contributed by atoms with Crippen molar-refractivity contribution in [3.05, 3.63) is 59.9 Å². The van der Waals surface area contributed by atoms with Crippen molar-refractivity contribution in [2.24, 2.45) is 4.99 Å². The number of methoxy groups -OCH3 is 1. The van der Waals surface area contributed by atoms with Gasteiger partial charge in [0.1, 0.15) is 24.3 Å². The first-order chi connectivity index (χ1) is 15.3. The van der Waals surface area contributed by atoms with Gasteiger partial charge in [-0.25, -0.2) is 19.2 Å². The molecule has 0 fully saturated rings. The van der Waals surface area contributed by atoms with Crippen LogP contribution in [0.25, 0.3) is 11.1 Å². The molecule has 0 saturated carbocycles. The number of hydrogen-bond acceptors (Lipinski definition) is 8. The second-order valence-corrected chi connectivity index (χ2v) is 7.52. The molecule has 1 aliphatic heterocycles. The Balaban J connectivity index is 1.76. The van der Waals surface area contributed by atoms with Crippen molar-refractivity contribution in [3.63, 3.8) is 0 Å². The Labute approximate surface area is 182 Å². The lowest BCUT2D eigenvalue weighted by Crippen LogP contribution is -2.40. The molecule has 0 aliphatic carbocycles. The van der Waals surface area contributed by atoms with Crippen LogP contribution in [0.15, 0.2) is 52.3 Å². The lowest BCUT2D eigenvalue weighted by Gasteiger charge is -2.23. The Kier molecular flexibility index (Phi) is 5.52. The number of benzene rings is 1. The molecule has 1 aromatic carbocycles. The van der Waals surface area contributed by atoms with Gasteiger partial charge in [-0.2, -0.15) is 0 Å². The molecule has 0 saturated heterocycles. The zero-order chi connectivity index (χ0) is 22.9. The number of nitrogens with zero attached hydrogens (tertiary/aromatic N) is 3. The van der Waals surface area contributed by atoms with Crippen LogP contribution in [0.5, 0.6) is 5.88 Å². The Morgan fingerprint density at radius 1 is 1.31 bits per heavy atom. The van der Waals surface area contributed by atoms with E-state index in [2.05, 4.69) is 20.4 Å². The van der Waals surface area contributed by atoms with Crippen molar-refractivity contribution < 1.29 is 28.3 Å². The van der Waals surface area contributed by atoms with E-state index in [-0.39, 0.29) is 24.2 Å². The summed E-state index contributed by atoms with van der Waals surface area (Å²) < 4.78 is 30.3. The van der Waals surface area contributed by atoms with Crippen molar-refractivity contribution in [2.45, 2.75) is 25.4 Å². The predicted octanol–water partition coefficient (Wildman–Crippen LogP) is 3.79. The van der Waals surface area contributed by atoms with Gasteiger partial charge in [-0.1, -0.05) is 19.0 Å². The van der Waals surface area contributed by atoms with Gasteiger partial charge < -0.3 is 24.4 Å². The number of pyridine rings is 1. The molecule has 1 unspecified atom stereocenters. The normalized spacial score (nSPS) is 17.7. The lowest BCUT2D eigenvalue weighted by molar-refractivity contribution is -0.155. The van der Waals surface area contributed by atoms with Crippen molar-refractivity contribution in [1.82, 2.24) is 10.1 Å². The van der Waals surface area contributed by atoms with Crippen molar-refractivity contribution in [3.8, 4) is 17.0 Å². The van der Waals surface area contributed by atoms with E-state index in [1.807, 2.05) is 13.8 Å². The third-order valence-corrected chi connectivity index (χ3v) is 5.16. The van der Waals surface area contributed by atoms with E-state index >= 15 is 0 Å². The number of carboxylic acids is 1. The number of aliphatic imine (C=N–C) groups is 1. The van der Waals surface area contributed by atoms with E-state index in [1.165, 1.54) is 31.6 Å². The Morgan fingerprint density at radius 2 is 2.12 bits per heavy atom. The van der Waals surface area contributed by atoms with Crippen LogP contribution in [0, 0.1) is 5.82 Å². The molecule has 1 aliphatic rings. The van der Waals surface area contributed by atoms with Gasteiger partial charge in [0.05, 0.1) is 12.8 Å². The zero-order valence-electron chi connectivity index (χ0n) is 17.6. The number of carbonyl (C=O) groups is 1. The summed E-state index contributed by atoms with van der Waals surface area (Å²) in [6.07, 6.45) is 2.82. The average molecular weight is 440 g/mol. The molecule has 0 amide bonds. The van der Waals surface area contributed by atoms with E-state index in [0.717, 1.165) is 0 Å². The second kappa shape index (κ2) is 8.29. The fourth-order valence-corrected chi connectivity index (χ4v) is 3.50. The fourth-order valence-electron chi connectivity index (χ4n) is 3.50. The van der Waals surface area contributed by atoms with Gasteiger partial charge in [-0.15, -0.1) is 0 Å². The highest BCUT2D eigenvalue weighted by molar-refractivity contribution is 5.99. The van der Waals surface area contributed by atoms with Gasteiger partial charge in [0.25, 0.3) is 11.6 Å². The summed E-state index contributed by atoms with van der Waals surface area (Å²) in [4.78, 5) is 20.4. The predicted molar refractivity (Wildman–Crippen MR) is 113 cm³/mol. The van der Waals surface area contributed by atoms with Crippen LogP contribution in [0.4, 0.5) is 10.1 Å². The molecule has 166 valence electrons. The minimum Gasteiger partial charge on any atom is -0.481 e. The van der Waals surface area contributed by atoms with Crippen LogP contribution in [0.2, 0.25) is 0 Å². The number of rotatable bonds is 6. The molecule has 10 heteroatoms. The highest BCUT2D eigenvalue weighted by atomic mass is 19.1. The number of anilines is 1. The molecule has 2 N–H and O–H groups in total. The number of hydrogen-bond donors (Lipinski definition) is 2. The number of amidine groups is 1. The van der Waals surface area contributed by atoms with Gasteiger partial charge in [-0.05, 0) is 35.2 Å². The van der Waals surface area contributed by atoms with Crippen LogP contribution >= 0.6 is 0 Å². The fraction of sp³-hybridized carbons (Fsp3) is 0.273. The quantitative estimate of drug-likeness (QED) is 0.594.